The van der Waals surface area contributed by atoms with Crippen LogP contribution in [0.3, 0.4) is 0 Å². The van der Waals surface area contributed by atoms with E-state index < -0.39 is 0 Å². The highest BCUT2D eigenvalue weighted by Gasteiger charge is 2.21. The fraction of sp³-hybridized carbons (Fsp3) is 0.194. The number of carbonyl (C=O) groups is 1. The van der Waals surface area contributed by atoms with Gasteiger partial charge in [0.05, 0.1) is 11.3 Å². The smallest absolute Gasteiger partial charge is 0.247 e. The van der Waals surface area contributed by atoms with Gasteiger partial charge in [-0.3, -0.25) is 19.1 Å². The first-order valence-corrected chi connectivity index (χ1v) is 13.5. The number of imidazole rings is 1. The maximum atomic E-state index is 11.6. The van der Waals surface area contributed by atoms with Crippen molar-refractivity contribution in [3.63, 3.8) is 0 Å². The third kappa shape index (κ3) is 5.50. The molecule has 4 N–H and O–H groups in total. The second kappa shape index (κ2) is 11.2. The zero-order valence-corrected chi connectivity index (χ0v) is 22.5. The Labute approximate surface area is 236 Å². The number of aromatic amines is 1. The minimum atomic E-state index is -0.168. The number of nitrogen functional groups attached to an aromatic ring is 1. The van der Waals surface area contributed by atoms with E-state index in [1.165, 1.54) is 17.7 Å². The fourth-order valence-electron chi connectivity index (χ4n) is 5.22. The Hall–Kier alpha value is -5.09. The van der Waals surface area contributed by atoms with Crippen molar-refractivity contribution in [3.05, 3.63) is 102 Å². The summed E-state index contributed by atoms with van der Waals surface area (Å²) in [7, 11) is 0. The van der Waals surface area contributed by atoms with E-state index in [1.54, 1.807) is 18.5 Å². The maximum absolute atomic E-state index is 11.6. The normalized spacial score (nSPS) is 14.2. The van der Waals surface area contributed by atoms with Gasteiger partial charge in [-0.15, -0.1) is 0 Å². The van der Waals surface area contributed by atoms with Crippen LogP contribution in [0.2, 0.25) is 0 Å². The Kier molecular flexibility index (Phi) is 7.13. The van der Waals surface area contributed by atoms with E-state index in [0.29, 0.717) is 34.1 Å². The molecule has 1 aromatic carbocycles. The number of anilines is 1. The maximum Gasteiger partial charge on any atom is 0.247 e. The molecule has 4 aromatic heterocycles. The molecule has 0 unspecified atom stereocenters. The van der Waals surface area contributed by atoms with Crippen LogP contribution in [0.25, 0.3) is 39.5 Å². The Bertz CT molecular complexity index is 1760. The van der Waals surface area contributed by atoms with Crippen molar-refractivity contribution in [2.24, 2.45) is 0 Å². The molecule has 0 aliphatic carbocycles. The largest absolute Gasteiger partial charge is 0.383 e. The summed E-state index contributed by atoms with van der Waals surface area (Å²) in [5.41, 5.74) is 11.8. The van der Waals surface area contributed by atoms with Gasteiger partial charge in [-0.25, -0.2) is 15.0 Å². The van der Waals surface area contributed by atoms with Crippen molar-refractivity contribution in [1.29, 1.82) is 0 Å². The first-order chi connectivity index (χ1) is 20.0. The fourth-order valence-corrected chi connectivity index (χ4v) is 5.22. The number of H-pyrrole nitrogens is 1. The Morgan fingerprint density at radius 2 is 1.88 bits per heavy atom. The van der Waals surface area contributed by atoms with Gasteiger partial charge in [0.15, 0.2) is 11.5 Å². The minimum Gasteiger partial charge on any atom is -0.383 e. The lowest BCUT2D eigenvalue weighted by molar-refractivity contribution is -0.117. The van der Waals surface area contributed by atoms with Crippen LogP contribution in [0.4, 0.5) is 5.82 Å². The molecule has 5 aromatic rings. The molecule has 206 valence electrons. The van der Waals surface area contributed by atoms with E-state index in [2.05, 4.69) is 51.0 Å². The summed E-state index contributed by atoms with van der Waals surface area (Å²) in [5.74, 6) is 0.918. The van der Waals surface area contributed by atoms with Crippen molar-refractivity contribution < 1.29 is 4.79 Å². The van der Waals surface area contributed by atoms with E-state index in [4.69, 9.17) is 15.7 Å². The summed E-state index contributed by atoms with van der Waals surface area (Å²) in [4.78, 5) is 42.4. The van der Waals surface area contributed by atoms with E-state index in [0.717, 1.165) is 43.7 Å². The lowest BCUT2D eigenvalue weighted by Crippen LogP contribution is -2.43. The van der Waals surface area contributed by atoms with Crippen LogP contribution in [0.5, 0.6) is 0 Å². The number of rotatable bonds is 7. The Morgan fingerprint density at radius 1 is 1.07 bits per heavy atom. The van der Waals surface area contributed by atoms with Crippen molar-refractivity contribution >= 4 is 22.9 Å². The molecule has 6 rings (SSSR count). The van der Waals surface area contributed by atoms with E-state index in [9.17, 15) is 9.59 Å². The van der Waals surface area contributed by atoms with Crippen LogP contribution >= 0.6 is 0 Å². The molecule has 0 bridgehead atoms. The van der Waals surface area contributed by atoms with Gasteiger partial charge in [-0.05, 0) is 66.9 Å². The standard InChI is InChI=1S/C31H30N8O2/c1-2-27(40)35-22-13-16-38(17-14-22)19-20-5-8-23(9-6-20)39-30(24-4-3-15-33-29(24)32)37-26-11-10-25(36-31(26)39)21-7-12-28(41)34-18-21/h2-12,15,18,22H,1,13-14,16-17,19H2,(H2,32,33)(H,34,41)(H,35,40). The van der Waals surface area contributed by atoms with Crippen LogP contribution in [0.15, 0.2) is 90.5 Å². The van der Waals surface area contributed by atoms with Gasteiger partial charge in [-0.2, -0.15) is 0 Å². The average molecular weight is 547 g/mol. The summed E-state index contributed by atoms with van der Waals surface area (Å²) < 4.78 is 2.00. The number of aromatic nitrogens is 5. The number of nitrogens with one attached hydrogen (secondary N) is 2. The van der Waals surface area contributed by atoms with Crippen molar-refractivity contribution in [3.8, 4) is 28.3 Å². The van der Waals surface area contributed by atoms with Crippen molar-refractivity contribution in [2.75, 3.05) is 18.8 Å². The molecule has 10 heteroatoms. The second-order valence-corrected chi connectivity index (χ2v) is 10.1. The van der Waals surface area contributed by atoms with Gasteiger partial charge < -0.3 is 16.0 Å². The molecule has 5 heterocycles. The van der Waals surface area contributed by atoms with Crippen molar-refractivity contribution in [1.82, 2.24) is 34.7 Å². The highest BCUT2D eigenvalue weighted by Crippen LogP contribution is 2.31. The number of likely N-dealkylation sites (tertiary alicyclic amines) is 1. The van der Waals surface area contributed by atoms with Gasteiger partial charge in [0.2, 0.25) is 11.5 Å². The van der Waals surface area contributed by atoms with Gasteiger partial charge in [-0.1, -0.05) is 18.7 Å². The zero-order valence-electron chi connectivity index (χ0n) is 22.5. The molecule has 1 amide bonds. The van der Waals surface area contributed by atoms with Crippen molar-refractivity contribution in [2.45, 2.75) is 25.4 Å². The number of benzene rings is 1. The van der Waals surface area contributed by atoms with Crippen LogP contribution in [-0.2, 0) is 11.3 Å². The molecule has 1 fully saturated rings. The monoisotopic (exact) mass is 546 g/mol. The Balaban J connectivity index is 1.32. The van der Waals surface area contributed by atoms with E-state index in [1.807, 2.05) is 28.8 Å². The molecule has 1 aliphatic rings. The molecule has 0 saturated carbocycles. The molecule has 0 atom stereocenters. The SMILES string of the molecule is C=CC(=O)NC1CCN(Cc2ccc(-n3c(-c4cccnc4N)nc4ccc(-c5ccc(=O)[nH]c5)nc43)cc2)CC1. The minimum absolute atomic E-state index is 0.112. The highest BCUT2D eigenvalue weighted by molar-refractivity contribution is 5.87. The summed E-state index contributed by atoms with van der Waals surface area (Å²) in [6, 6.07) is 19.4. The van der Waals surface area contributed by atoms with Gasteiger partial charge in [0, 0.05) is 55.4 Å². The van der Waals surface area contributed by atoms with E-state index in [-0.39, 0.29) is 17.5 Å². The zero-order chi connectivity index (χ0) is 28.3. The molecule has 1 aliphatic heterocycles. The number of nitrogens with zero attached hydrogens (tertiary/aromatic N) is 5. The summed E-state index contributed by atoms with van der Waals surface area (Å²) in [5, 5.41) is 3.00. The third-order valence-electron chi connectivity index (χ3n) is 7.38. The topological polar surface area (TPSA) is 135 Å². The quantitative estimate of drug-likeness (QED) is 0.265. The predicted octanol–water partition coefficient (Wildman–Crippen LogP) is 3.69. The Morgan fingerprint density at radius 3 is 2.59 bits per heavy atom. The molecular formula is C31H30N8O2. The number of hydrogen-bond acceptors (Lipinski definition) is 7. The van der Waals surface area contributed by atoms with Crippen LogP contribution in [-0.4, -0.2) is 54.4 Å². The lowest BCUT2D eigenvalue weighted by atomic mass is 10.0. The summed E-state index contributed by atoms with van der Waals surface area (Å²) in [6.45, 7) is 6.19. The number of hydrogen-bond donors (Lipinski definition) is 3. The number of piperidine rings is 1. The first kappa shape index (κ1) is 26.1. The highest BCUT2D eigenvalue weighted by atomic mass is 16.1. The number of fused-ring (bicyclic) bond motifs is 1. The third-order valence-corrected chi connectivity index (χ3v) is 7.38. The summed E-state index contributed by atoms with van der Waals surface area (Å²) in [6.07, 6.45) is 6.47. The van der Waals surface area contributed by atoms with Crippen LogP contribution in [0.1, 0.15) is 18.4 Å². The second-order valence-electron chi connectivity index (χ2n) is 10.1. The van der Waals surface area contributed by atoms with E-state index >= 15 is 0 Å². The molecule has 0 spiro atoms. The van der Waals surface area contributed by atoms with Crippen LogP contribution < -0.4 is 16.6 Å². The first-order valence-electron chi connectivity index (χ1n) is 13.5. The lowest BCUT2D eigenvalue weighted by Gasteiger charge is -2.32. The average Bonchev–Trinajstić information content (AvgIpc) is 3.37. The molecular weight excluding hydrogens is 516 g/mol. The predicted molar refractivity (Wildman–Crippen MR) is 159 cm³/mol. The molecule has 0 radical (unpaired) electrons. The molecule has 10 nitrogen and oxygen atoms in total. The molecule has 41 heavy (non-hydrogen) atoms. The molecule has 1 saturated heterocycles. The van der Waals surface area contributed by atoms with Gasteiger partial charge in [0.1, 0.15) is 11.3 Å². The van der Waals surface area contributed by atoms with Gasteiger partial charge in [0.25, 0.3) is 0 Å². The number of pyridine rings is 3. The number of amides is 1. The summed E-state index contributed by atoms with van der Waals surface area (Å²) >= 11 is 0. The number of carbonyl (C=O) groups excluding carboxylic acids is 1. The van der Waals surface area contributed by atoms with Gasteiger partial charge >= 0.3 is 0 Å². The number of nitrogens with two attached hydrogens (primary N) is 1. The van der Waals surface area contributed by atoms with Crippen LogP contribution in [0, 0.1) is 0 Å².